The van der Waals surface area contributed by atoms with Gasteiger partial charge in [0, 0.05) is 25.3 Å². The smallest absolute Gasteiger partial charge is 0.224 e. The lowest BCUT2D eigenvalue weighted by Gasteiger charge is -2.16. The fraction of sp³-hybridized carbons (Fsp3) is 0.588. The molecule has 0 unspecified atom stereocenters. The van der Waals surface area contributed by atoms with Crippen molar-refractivity contribution < 1.29 is 14.3 Å². The highest BCUT2D eigenvalue weighted by Crippen LogP contribution is 2.28. The van der Waals surface area contributed by atoms with Crippen LogP contribution in [0.5, 0.6) is 5.75 Å². The van der Waals surface area contributed by atoms with E-state index >= 15 is 0 Å². The van der Waals surface area contributed by atoms with E-state index in [0.717, 1.165) is 36.3 Å². The molecule has 0 aromatic heterocycles. The van der Waals surface area contributed by atoms with Crippen molar-refractivity contribution in [3.8, 4) is 5.75 Å². The number of nitrogens with two attached hydrogens (primary N) is 1. The van der Waals surface area contributed by atoms with Crippen LogP contribution < -0.4 is 15.8 Å². The first-order chi connectivity index (χ1) is 10.6. The number of nitrogens with one attached hydrogen (secondary N) is 1. The lowest BCUT2D eigenvalue weighted by Crippen LogP contribution is -2.28. The van der Waals surface area contributed by atoms with Crippen molar-refractivity contribution in [3.05, 3.63) is 23.8 Å². The van der Waals surface area contributed by atoms with E-state index in [9.17, 15) is 4.79 Å². The summed E-state index contributed by atoms with van der Waals surface area (Å²) in [6.07, 6.45) is 3.72. The normalized spacial score (nSPS) is 20.0. The quantitative estimate of drug-likeness (QED) is 0.747. The van der Waals surface area contributed by atoms with E-state index in [0.29, 0.717) is 25.6 Å². The maximum Gasteiger partial charge on any atom is 0.224 e. The number of amides is 1. The number of methoxy groups -OCH3 is 1. The molecule has 0 aliphatic heterocycles. The van der Waals surface area contributed by atoms with Crippen molar-refractivity contribution in [3.63, 3.8) is 0 Å². The Balaban J connectivity index is 0.00000264. The predicted octanol–water partition coefficient (Wildman–Crippen LogP) is 2.90. The number of benzene rings is 1. The third-order valence-electron chi connectivity index (χ3n) is 4.19. The molecule has 0 radical (unpaired) electrons. The van der Waals surface area contributed by atoms with Crippen molar-refractivity contribution in [2.24, 2.45) is 11.7 Å². The Morgan fingerprint density at radius 2 is 2.13 bits per heavy atom. The molecule has 0 heterocycles. The average molecular weight is 343 g/mol. The molecule has 1 aromatic rings. The lowest BCUT2D eigenvalue weighted by atomic mass is 10.00. The van der Waals surface area contributed by atoms with Crippen molar-refractivity contribution >= 4 is 24.0 Å². The van der Waals surface area contributed by atoms with Crippen molar-refractivity contribution in [1.29, 1.82) is 0 Å². The largest absolute Gasteiger partial charge is 0.491 e. The average Bonchev–Trinajstić information content (AvgIpc) is 2.87. The topological polar surface area (TPSA) is 73.6 Å². The van der Waals surface area contributed by atoms with Crippen molar-refractivity contribution in [2.45, 2.75) is 38.6 Å². The fourth-order valence-corrected chi connectivity index (χ4v) is 2.87. The molecule has 2 atom stereocenters. The molecule has 23 heavy (non-hydrogen) atoms. The van der Waals surface area contributed by atoms with Gasteiger partial charge in [-0.2, -0.15) is 0 Å². The van der Waals surface area contributed by atoms with Gasteiger partial charge in [-0.3, -0.25) is 4.79 Å². The summed E-state index contributed by atoms with van der Waals surface area (Å²) in [5.41, 5.74) is 7.84. The molecule has 0 spiro atoms. The molecule has 1 aliphatic rings. The first-order valence-electron chi connectivity index (χ1n) is 7.88. The van der Waals surface area contributed by atoms with Crippen LogP contribution in [-0.2, 0) is 9.53 Å². The molecule has 1 saturated carbocycles. The summed E-state index contributed by atoms with van der Waals surface area (Å²) in [5, 5.41) is 2.98. The van der Waals surface area contributed by atoms with Crippen LogP contribution in [0.3, 0.4) is 0 Å². The number of halogens is 1. The third-order valence-corrected chi connectivity index (χ3v) is 4.19. The van der Waals surface area contributed by atoms with E-state index in [1.54, 1.807) is 7.11 Å². The monoisotopic (exact) mass is 342 g/mol. The van der Waals surface area contributed by atoms with E-state index in [4.69, 9.17) is 15.2 Å². The molecular formula is C17H27ClN2O3. The molecule has 6 heteroatoms. The second kappa shape index (κ2) is 9.75. The molecule has 0 saturated heterocycles. The Labute approximate surface area is 144 Å². The highest BCUT2D eigenvalue weighted by Gasteiger charge is 2.26. The van der Waals surface area contributed by atoms with Crippen LogP contribution in [0.1, 0.15) is 31.2 Å². The van der Waals surface area contributed by atoms with Gasteiger partial charge in [-0.25, -0.2) is 0 Å². The van der Waals surface area contributed by atoms with Gasteiger partial charge in [0.25, 0.3) is 0 Å². The summed E-state index contributed by atoms with van der Waals surface area (Å²) in [6, 6.07) is 5.83. The van der Waals surface area contributed by atoms with Crippen LogP contribution in [0.25, 0.3) is 0 Å². The number of hydrogen-bond donors (Lipinski definition) is 2. The Bertz CT molecular complexity index is 511. The van der Waals surface area contributed by atoms with Gasteiger partial charge >= 0.3 is 0 Å². The van der Waals surface area contributed by atoms with E-state index < -0.39 is 0 Å². The van der Waals surface area contributed by atoms with Crippen LogP contribution in [-0.4, -0.2) is 32.3 Å². The predicted molar refractivity (Wildman–Crippen MR) is 94.4 cm³/mol. The van der Waals surface area contributed by atoms with E-state index in [1.807, 2.05) is 25.1 Å². The highest BCUT2D eigenvalue weighted by atomic mass is 35.5. The zero-order chi connectivity index (χ0) is 15.9. The minimum absolute atomic E-state index is 0. The maximum atomic E-state index is 12.1. The lowest BCUT2D eigenvalue weighted by molar-refractivity contribution is -0.117. The molecule has 0 bridgehead atoms. The molecular weight excluding hydrogens is 316 g/mol. The van der Waals surface area contributed by atoms with Gasteiger partial charge in [0.1, 0.15) is 12.4 Å². The Kier molecular flexibility index (Phi) is 8.37. The van der Waals surface area contributed by atoms with Crippen LogP contribution in [0.2, 0.25) is 0 Å². The Morgan fingerprint density at radius 1 is 1.35 bits per heavy atom. The summed E-state index contributed by atoms with van der Waals surface area (Å²) in [5.74, 6) is 1.14. The van der Waals surface area contributed by atoms with Gasteiger partial charge < -0.3 is 20.5 Å². The van der Waals surface area contributed by atoms with Gasteiger partial charge in [0.2, 0.25) is 5.91 Å². The van der Waals surface area contributed by atoms with Gasteiger partial charge in [-0.15, -0.1) is 12.4 Å². The molecule has 1 fully saturated rings. The summed E-state index contributed by atoms with van der Waals surface area (Å²) >= 11 is 0. The summed E-state index contributed by atoms with van der Waals surface area (Å²) < 4.78 is 10.5. The van der Waals surface area contributed by atoms with Gasteiger partial charge in [0.15, 0.2) is 0 Å². The molecule has 2 rings (SSSR count). The number of carbonyl (C=O) groups is 1. The van der Waals surface area contributed by atoms with E-state index in [-0.39, 0.29) is 24.4 Å². The maximum absolute atomic E-state index is 12.1. The number of hydrogen-bond acceptors (Lipinski definition) is 4. The highest BCUT2D eigenvalue weighted by molar-refractivity contribution is 5.91. The zero-order valence-electron chi connectivity index (χ0n) is 13.8. The van der Waals surface area contributed by atoms with Crippen LogP contribution in [0.4, 0.5) is 5.69 Å². The molecule has 130 valence electrons. The van der Waals surface area contributed by atoms with Gasteiger partial charge in [-0.1, -0.05) is 6.42 Å². The number of ether oxygens (including phenoxy) is 2. The summed E-state index contributed by atoms with van der Waals surface area (Å²) in [4.78, 5) is 12.1. The number of anilines is 1. The second-order valence-electron chi connectivity index (χ2n) is 5.93. The second-order valence-corrected chi connectivity index (χ2v) is 5.93. The number of rotatable bonds is 7. The van der Waals surface area contributed by atoms with Crippen molar-refractivity contribution in [1.82, 2.24) is 0 Å². The minimum Gasteiger partial charge on any atom is -0.491 e. The van der Waals surface area contributed by atoms with Gasteiger partial charge in [0.05, 0.1) is 6.61 Å². The Morgan fingerprint density at radius 3 is 2.74 bits per heavy atom. The molecule has 1 aliphatic carbocycles. The SMILES string of the molecule is COCCOc1ccc(NC(=O)C[C@@H]2CCC[C@H]2N)c(C)c1.Cl. The van der Waals surface area contributed by atoms with Crippen LogP contribution >= 0.6 is 12.4 Å². The first-order valence-corrected chi connectivity index (χ1v) is 7.88. The molecule has 3 N–H and O–H groups in total. The Hall–Kier alpha value is -1.30. The van der Waals surface area contributed by atoms with Crippen LogP contribution in [0.15, 0.2) is 18.2 Å². The molecule has 1 amide bonds. The molecule has 5 nitrogen and oxygen atoms in total. The van der Waals surface area contributed by atoms with E-state index in [1.165, 1.54) is 0 Å². The third kappa shape index (κ3) is 6.01. The van der Waals surface area contributed by atoms with Crippen molar-refractivity contribution in [2.75, 3.05) is 25.6 Å². The minimum atomic E-state index is 0. The summed E-state index contributed by atoms with van der Waals surface area (Å²) in [6.45, 7) is 3.03. The number of aryl methyl sites for hydroxylation is 1. The van der Waals surface area contributed by atoms with Gasteiger partial charge in [-0.05, 0) is 49.4 Å². The molecule has 1 aromatic carbocycles. The van der Waals surface area contributed by atoms with Crippen LogP contribution in [0, 0.1) is 12.8 Å². The zero-order valence-corrected chi connectivity index (χ0v) is 14.7. The summed E-state index contributed by atoms with van der Waals surface area (Å²) in [7, 11) is 1.64. The fourth-order valence-electron chi connectivity index (χ4n) is 2.87. The van der Waals surface area contributed by atoms with E-state index in [2.05, 4.69) is 5.32 Å². The first kappa shape index (κ1) is 19.7. The standard InChI is InChI=1S/C17H26N2O3.ClH/c1-12-10-14(22-9-8-21-2)6-7-16(12)19-17(20)11-13-4-3-5-15(13)18;/h6-7,10,13,15H,3-5,8-9,11,18H2,1-2H3,(H,19,20);1H/t13-,15+;/m0./s1. The number of carbonyl (C=O) groups excluding carboxylic acids is 1.